The highest BCUT2D eigenvalue weighted by molar-refractivity contribution is 7.89. The lowest BCUT2D eigenvalue weighted by Crippen LogP contribution is -2.41. The number of aliphatic carboxylic acids is 1. The van der Waals surface area contributed by atoms with E-state index in [-0.39, 0.29) is 29.2 Å². The fraction of sp³-hybridized carbons (Fsp3) is 0.529. The van der Waals surface area contributed by atoms with Crippen LogP contribution in [0.2, 0.25) is 0 Å². The molecule has 7 nitrogen and oxygen atoms in total. The van der Waals surface area contributed by atoms with Crippen LogP contribution in [0.4, 0.5) is 5.69 Å². The van der Waals surface area contributed by atoms with Crippen LogP contribution in [0.5, 0.6) is 0 Å². The van der Waals surface area contributed by atoms with Gasteiger partial charge in [0, 0.05) is 18.7 Å². The number of carbonyl (C=O) groups excluding carboxylic acids is 1. The van der Waals surface area contributed by atoms with Crippen molar-refractivity contribution < 1.29 is 23.1 Å². The van der Waals surface area contributed by atoms with Crippen LogP contribution in [0.25, 0.3) is 0 Å². The van der Waals surface area contributed by atoms with E-state index in [9.17, 15) is 23.1 Å². The van der Waals surface area contributed by atoms with Crippen molar-refractivity contribution >= 4 is 27.6 Å². The molecule has 138 valence electrons. The molecule has 0 aromatic heterocycles. The molecule has 1 aromatic carbocycles. The number of hydrogen-bond donors (Lipinski definition) is 2. The van der Waals surface area contributed by atoms with Crippen LogP contribution in [0.15, 0.2) is 23.1 Å². The molecular formula is C17H24N2O5S. The minimum absolute atomic E-state index is 0.0128. The van der Waals surface area contributed by atoms with Crippen molar-refractivity contribution in [2.75, 3.05) is 4.90 Å². The van der Waals surface area contributed by atoms with E-state index >= 15 is 0 Å². The molecule has 0 bridgehead atoms. The molecule has 0 radical (unpaired) electrons. The van der Waals surface area contributed by atoms with Gasteiger partial charge in [-0.05, 0) is 49.4 Å². The lowest BCUT2D eigenvalue weighted by Gasteiger charge is -2.20. The minimum Gasteiger partial charge on any atom is -0.480 e. The first-order valence-electron chi connectivity index (χ1n) is 8.20. The fourth-order valence-electron chi connectivity index (χ4n) is 3.18. The Morgan fingerprint density at radius 3 is 2.52 bits per heavy atom. The number of fused-ring (bicyclic) bond motifs is 1. The summed E-state index contributed by atoms with van der Waals surface area (Å²) in [6.45, 7) is 7.03. The maximum absolute atomic E-state index is 12.6. The van der Waals surface area contributed by atoms with Crippen LogP contribution >= 0.6 is 0 Å². The van der Waals surface area contributed by atoms with Crippen molar-refractivity contribution in [3.05, 3.63) is 23.8 Å². The second kappa shape index (κ2) is 7.13. The summed E-state index contributed by atoms with van der Waals surface area (Å²) in [5, 5.41) is 9.25. The van der Waals surface area contributed by atoms with Gasteiger partial charge in [0.15, 0.2) is 0 Å². The molecule has 2 N–H and O–H groups in total. The second-order valence-electron chi connectivity index (χ2n) is 6.87. The van der Waals surface area contributed by atoms with Crippen molar-refractivity contribution in [1.82, 2.24) is 4.72 Å². The molecule has 1 aliphatic heterocycles. The van der Waals surface area contributed by atoms with Crippen molar-refractivity contribution in [1.29, 1.82) is 0 Å². The van der Waals surface area contributed by atoms with E-state index in [2.05, 4.69) is 4.72 Å². The molecule has 1 amide bonds. The SMILES string of the molecule is CC(=O)N1c2ccc(S(=O)(=O)N[C@H](CC(C)C)C(=O)O)cc2CC1C. The van der Waals surface area contributed by atoms with Crippen molar-refractivity contribution in [2.45, 2.75) is 57.5 Å². The molecule has 2 atom stereocenters. The summed E-state index contributed by atoms with van der Waals surface area (Å²) >= 11 is 0. The first-order valence-corrected chi connectivity index (χ1v) is 9.69. The molecule has 0 saturated carbocycles. The molecule has 2 rings (SSSR count). The Bertz CT molecular complexity index is 788. The third-order valence-corrected chi connectivity index (χ3v) is 5.69. The molecule has 1 heterocycles. The molecule has 8 heteroatoms. The van der Waals surface area contributed by atoms with E-state index in [4.69, 9.17) is 0 Å². The zero-order valence-electron chi connectivity index (χ0n) is 14.8. The van der Waals surface area contributed by atoms with Crippen molar-refractivity contribution in [3.63, 3.8) is 0 Å². The number of carboxylic acid groups (broad SMARTS) is 1. The number of hydrogen-bond acceptors (Lipinski definition) is 4. The van der Waals surface area contributed by atoms with Gasteiger partial charge >= 0.3 is 5.97 Å². The Balaban J connectivity index is 2.31. The second-order valence-corrected chi connectivity index (χ2v) is 8.59. The number of carboxylic acids is 1. The zero-order valence-corrected chi connectivity index (χ0v) is 15.6. The molecule has 1 aromatic rings. The van der Waals surface area contributed by atoms with Gasteiger partial charge < -0.3 is 10.0 Å². The highest BCUT2D eigenvalue weighted by Crippen LogP contribution is 2.33. The highest BCUT2D eigenvalue weighted by atomic mass is 32.2. The van der Waals surface area contributed by atoms with Gasteiger partial charge in [-0.15, -0.1) is 0 Å². The third kappa shape index (κ3) is 4.19. The Morgan fingerprint density at radius 1 is 1.36 bits per heavy atom. The smallest absolute Gasteiger partial charge is 0.321 e. The van der Waals surface area contributed by atoms with Gasteiger partial charge in [-0.2, -0.15) is 4.72 Å². The largest absolute Gasteiger partial charge is 0.480 e. The topological polar surface area (TPSA) is 104 Å². The number of rotatable bonds is 6. The average Bonchev–Trinajstić information content (AvgIpc) is 2.80. The van der Waals surface area contributed by atoms with Gasteiger partial charge in [0.25, 0.3) is 0 Å². The lowest BCUT2D eigenvalue weighted by atomic mass is 10.1. The molecule has 0 spiro atoms. The van der Waals surface area contributed by atoms with Crippen LogP contribution in [0.1, 0.15) is 39.7 Å². The van der Waals surface area contributed by atoms with Crippen LogP contribution < -0.4 is 9.62 Å². The summed E-state index contributed by atoms with van der Waals surface area (Å²) in [5.74, 6) is -1.26. The Hall–Kier alpha value is -1.93. The summed E-state index contributed by atoms with van der Waals surface area (Å²) in [5.41, 5.74) is 1.47. The van der Waals surface area contributed by atoms with E-state index in [1.807, 2.05) is 20.8 Å². The summed E-state index contributed by atoms with van der Waals surface area (Å²) in [7, 11) is -3.96. The first kappa shape index (κ1) is 19.4. The highest BCUT2D eigenvalue weighted by Gasteiger charge is 2.31. The summed E-state index contributed by atoms with van der Waals surface area (Å²) in [6, 6.07) is 3.32. The number of sulfonamides is 1. The van der Waals surface area contributed by atoms with Crippen molar-refractivity contribution in [3.8, 4) is 0 Å². The molecule has 0 aliphatic carbocycles. The molecule has 0 saturated heterocycles. The molecular weight excluding hydrogens is 344 g/mol. The molecule has 1 aliphatic rings. The lowest BCUT2D eigenvalue weighted by molar-refractivity contribution is -0.139. The monoisotopic (exact) mass is 368 g/mol. The average molecular weight is 368 g/mol. The van der Waals surface area contributed by atoms with E-state index in [1.165, 1.54) is 19.1 Å². The Labute approximate surface area is 148 Å². The maximum Gasteiger partial charge on any atom is 0.321 e. The number of benzene rings is 1. The number of carbonyl (C=O) groups is 2. The normalized spacial score (nSPS) is 18.3. The van der Waals surface area contributed by atoms with Crippen LogP contribution in [-0.4, -0.2) is 37.5 Å². The molecule has 0 fully saturated rings. The summed E-state index contributed by atoms with van der Waals surface area (Å²) in [6.07, 6.45) is 0.765. The van der Waals surface area contributed by atoms with E-state index < -0.39 is 22.0 Å². The number of nitrogens with one attached hydrogen (secondary N) is 1. The van der Waals surface area contributed by atoms with Crippen molar-refractivity contribution in [2.24, 2.45) is 5.92 Å². The number of amides is 1. The zero-order chi connectivity index (χ0) is 18.9. The number of anilines is 1. The van der Waals surface area contributed by atoms with Crippen LogP contribution in [0, 0.1) is 5.92 Å². The van der Waals surface area contributed by atoms with E-state index in [0.717, 1.165) is 5.56 Å². The quantitative estimate of drug-likeness (QED) is 0.796. The van der Waals surface area contributed by atoms with E-state index in [1.54, 1.807) is 11.0 Å². The predicted molar refractivity (Wildman–Crippen MR) is 94.0 cm³/mol. The van der Waals surface area contributed by atoms with Gasteiger partial charge in [-0.1, -0.05) is 13.8 Å². The molecule has 25 heavy (non-hydrogen) atoms. The third-order valence-electron chi connectivity index (χ3n) is 4.22. The van der Waals surface area contributed by atoms with Gasteiger partial charge in [0.1, 0.15) is 6.04 Å². The number of nitrogens with zero attached hydrogens (tertiary/aromatic N) is 1. The summed E-state index contributed by atoms with van der Waals surface area (Å²) in [4.78, 5) is 24.7. The van der Waals surface area contributed by atoms with E-state index in [0.29, 0.717) is 12.1 Å². The molecule has 1 unspecified atom stereocenters. The van der Waals surface area contributed by atoms with Crippen LogP contribution in [-0.2, 0) is 26.0 Å². The van der Waals surface area contributed by atoms with Gasteiger partial charge in [0.2, 0.25) is 15.9 Å². The predicted octanol–water partition coefficient (Wildman–Crippen LogP) is 1.76. The Kier molecular flexibility index (Phi) is 5.53. The maximum atomic E-state index is 12.6. The van der Waals surface area contributed by atoms with Gasteiger partial charge in [-0.3, -0.25) is 9.59 Å². The first-order chi connectivity index (χ1) is 11.5. The standard InChI is InChI=1S/C17H24N2O5S/c1-10(2)7-15(17(21)22)18-25(23,24)14-5-6-16-13(9-14)8-11(3)19(16)12(4)20/h5-6,9-11,15,18H,7-8H2,1-4H3,(H,21,22)/t11?,15-/m1/s1. The Morgan fingerprint density at radius 2 is 2.00 bits per heavy atom. The fourth-order valence-corrected chi connectivity index (χ4v) is 4.43. The summed E-state index contributed by atoms with van der Waals surface area (Å²) < 4.78 is 27.4. The van der Waals surface area contributed by atoms with Gasteiger partial charge in [-0.25, -0.2) is 8.42 Å². The van der Waals surface area contributed by atoms with Crippen LogP contribution in [0.3, 0.4) is 0 Å². The van der Waals surface area contributed by atoms with Gasteiger partial charge in [0.05, 0.1) is 4.90 Å². The minimum atomic E-state index is -3.96.